The third-order valence-electron chi connectivity index (χ3n) is 7.22. The summed E-state index contributed by atoms with van der Waals surface area (Å²) in [5.41, 5.74) is 2.95. The fraction of sp³-hybridized carbons (Fsp3) is 0.440. The van der Waals surface area contributed by atoms with E-state index in [0.717, 1.165) is 16.4 Å². The minimum Gasteiger partial charge on any atom is -0.368 e. The second kappa shape index (κ2) is 9.39. The van der Waals surface area contributed by atoms with Gasteiger partial charge >= 0.3 is 6.18 Å². The first kappa shape index (κ1) is 27.1. The lowest BCUT2D eigenvalue weighted by molar-refractivity contribution is -0.138. The lowest BCUT2D eigenvalue weighted by atomic mass is 9.73. The number of benzene rings is 2. The normalized spacial score (nSPS) is 21.3. The van der Waals surface area contributed by atoms with E-state index in [9.17, 15) is 31.2 Å². The summed E-state index contributed by atoms with van der Waals surface area (Å²) in [7, 11) is -1.16. The first-order valence-corrected chi connectivity index (χ1v) is 13.2. The quantitative estimate of drug-likeness (QED) is 0.540. The second-order valence-corrected chi connectivity index (χ2v) is 11.9. The molecule has 2 aromatic rings. The average Bonchev–Trinajstić information content (AvgIpc) is 3.56. The highest BCUT2D eigenvalue weighted by molar-refractivity contribution is 7.89. The van der Waals surface area contributed by atoms with Gasteiger partial charge in [-0.1, -0.05) is 12.1 Å². The Balaban J connectivity index is 1.80. The number of likely N-dealkylation sites (tertiary alicyclic amines) is 1. The van der Waals surface area contributed by atoms with Gasteiger partial charge in [-0.2, -0.15) is 13.2 Å². The summed E-state index contributed by atoms with van der Waals surface area (Å²) in [6.45, 7) is 0.0951. The molecule has 4 rings (SSSR count). The molecule has 2 fully saturated rings. The zero-order chi connectivity index (χ0) is 27.3. The molecule has 1 saturated heterocycles. The average molecular weight is 542 g/mol. The first-order valence-electron chi connectivity index (χ1n) is 11.7. The van der Waals surface area contributed by atoms with E-state index in [2.05, 4.69) is 0 Å². The van der Waals surface area contributed by atoms with Crippen molar-refractivity contribution in [2.45, 2.75) is 48.2 Å². The van der Waals surface area contributed by atoms with E-state index in [0.29, 0.717) is 25.3 Å². The Bertz CT molecular complexity index is 1340. The maximum atomic E-state index is 15.2. The van der Waals surface area contributed by atoms with E-state index in [4.69, 9.17) is 5.73 Å². The fourth-order valence-electron chi connectivity index (χ4n) is 5.30. The maximum Gasteiger partial charge on any atom is 0.416 e. The van der Waals surface area contributed by atoms with E-state index >= 15 is 4.39 Å². The lowest BCUT2D eigenvalue weighted by Crippen LogP contribution is -2.60. The molecule has 0 bridgehead atoms. The highest BCUT2D eigenvalue weighted by atomic mass is 32.2. The predicted octanol–water partition coefficient (Wildman–Crippen LogP) is 3.75. The summed E-state index contributed by atoms with van der Waals surface area (Å²) in [4.78, 5) is 27.9. The minimum absolute atomic E-state index is 0.00196. The van der Waals surface area contributed by atoms with Crippen LogP contribution < -0.4 is 5.73 Å². The van der Waals surface area contributed by atoms with Crippen LogP contribution >= 0.6 is 0 Å². The summed E-state index contributed by atoms with van der Waals surface area (Å²) in [6.07, 6.45) is -3.10. The van der Waals surface area contributed by atoms with Crippen LogP contribution in [0.3, 0.4) is 0 Å². The topological polar surface area (TPSA) is 101 Å². The smallest absolute Gasteiger partial charge is 0.368 e. The van der Waals surface area contributed by atoms with Crippen molar-refractivity contribution in [1.29, 1.82) is 0 Å². The van der Waals surface area contributed by atoms with Gasteiger partial charge in [-0.05, 0) is 67.5 Å². The first-order chi connectivity index (χ1) is 17.2. The van der Waals surface area contributed by atoms with E-state index in [-0.39, 0.29) is 34.9 Å². The van der Waals surface area contributed by atoms with Crippen molar-refractivity contribution in [2.75, 3.05) is 20.6 Å². The third-order valence-corrected chi connectivity index (χ3v) is 9.03. The lowest BCUT2D eigenvalue weighted by Gasteiger charge is -2.43. The molecular formula is C25H27F4N3O4S. The molecule has 0 unspecified atom stereocenters. The third kappa shape index (κ3) is 4.72. The highest BCUT2D eigenvalue weighted by Gasteiger charge is 2.59. The van der Waals surface area contributed by atoms with Crippen molar-refractivity contribution in [3.05, 3.63) is 65.0 Å². The number of carbonyl (C=O) groups is 2. The number of rotatable bonds is 7. The van der Waals surface area contributed by atoms with Crippen LogP contribution in [0.4, 0.5) is 17.6 Å². The van der Waals surface area contributed by atoms with Gasteiger partial charge in [0.25, 0.3) is 5.91 Å². The van der Waals surface area contributed by atoms with Crippen LogP contribution in [-0.2, 0) is 21.0 Å². The zero-order valence-corrected chi connectivity index (χ0v) is 21.1. The van der Waals surface area contributed by atoms with Crippen LogP contribution in [0, 0.1) is 11.7 Å². The van der Waals surface area contributed by atoms with E-state index in [1.807, 2.05) is 0 Å². The molecule has 1 saturated carbocycles. The Hall–Kier alpha value is -2.99. The molecule has 0 radical (unpaired) electrons. The van der Waals surface area contributed by atoms with Crippen LogP contribution in [0.2, 0.25) is 0 Å². The van der Waals surface area contributed by atoms with Crippen LogP contribution in [0.25, 0.3) is 0 Å². The van der Waals surface area contributed by atoms with Crippen molar-refractivity contribution in [3.63, 3.8) is 0 Å². The number of hydrogen-bond acceptors (Lipinski definition) is 4. The number of halogens is 4. The van der Waals surface area contributed by atoms with Crippen molar-refractivity contribution in [2.24, 2.45) is 11.7 Å². The monoisotopic (exact) mass is 541 g/mol. The van der Waals surface area contributed by atoms with E-state index in [1.165, 1.54) is 43.3 Å². The second-order valence-electron chi connectivity index (χ2n) is 9.71. The van der Waals surface area contributed by atoms with Crippen LogP contribution in [0.15, 0.2) is 47.4 Å². The van der Waals surface area contributed by atoms with Crippen LogP contribution in [0.5, 0.6) is 0 Å². The van der Waals surface area contributed by atoms with Crippen molar-refractivity contribution in [1.82, 2.24) is 9.21 Å². The maximum absolute atomic E-state index is 15.2. The Labute approximate surface area is 212 Å². The van der Waals surface area contributed by atoms with E-state index in [1.54, 1.807) is 0 Å². The van der Waals surface area contributed by atoms with Gasteiger partial charge in [0.1, 0.15) is 11.4 Å². The Morgan fingerprint density at radius 1 is 1.14 bits per heavy atom. The SMILES string of the molecule is CN(C)S(=O)(=O)c1cccc(C(=O)N2CCC[C@@]2(C(N)=O)[C@H](c2ccc(C(F)(F)F)cc2F)C2CC2)c1. The number of nitrogens with two attached hydrogens (primary N) is 1. The molecule has 1 aliphatic heterocycles. The molecule has 37 heavy (non-hydrogen) atoms. The number of nitrogens with zero attached hydrogens (tertiary/aromatic N) is 2. The summed E-state index contributed by atoms with van der Waals surface area (Å²) in [5.74, 6) is -3.87. The van der Waals surface area contributed by atoms with Crippen molar-refractivity contribution < 1.29 is 35.6 Å². The Morgan fingerprint density at radius 2 is 1.81 bits per heavy atom. The van der Waals surface area contributed by atoms with Gasteiger partial charge in [-0.25, -0.2) is 17.1 Å². The van der Waals surface area contributed by atoms with Gasteiger partial charge in [-0.15, -0.1) is 0 Å². The van der Waals surface area contributed by atoms with Gasteiger partial charge in [-0.3, -0.25) is 9.59 Å². The molecule has 7 nitrogen and oxygen atoms in total. The van der Waals surface area contributed by atoms with Gasteiger partial charge in [0.05, 0.1) is 10.5 Å². The number of alkyl halides is 3. The molecular weight excluding hydrogens is 514 g/mol. The number of amides is 2. The molecule has 2 atom stereocenters. The fourth-order valence-corrected chi connectivity index (χ4v) is 6.25. The molecule has 2 aromatic carbocycles. The Kier molecular flexibility index (Phi) is 6.87. The molecule has 2 amide bonds. The highest BCUT2D eigenvalue weighted by Crippen LogP contribution is 2.54. The summed E-state index contributed by atoms with van der Waals surface area (Å²) in [6, 6.07) is 7.53. The van der Waals surface area contributed by atoms with Gasteiger partial charge in [0.15, 0.2) is 0 Å². The molecule has 12 heteroatoms. The standard InChI is InChI=1S/C25H27F4N3O4S/c1-31(2)37(35,36)18-6-3-5-16(13-18)22(33)32-12-4-11-24(32,23(30)34)21(15-7-8-15)19-10-9-17(14-20(19)26)25(27,28)29/h3,5-6,9-10,13-15,21H,4,7-8,11-12H2,1-2H3,(H2,30,34)/t21-,24-/m0/s1. The molecule has 0 aromatic heterocycles. The number of carbonyl (C=O) groups excluding carboxylic acids is 2. The largest absolute Gasteiger partial charge is 0.416 e. The molecule has 2 N–H and O–H groups in total. The van der Waals surface area contributed by atoms with Gasteiger partial charge < -0.3 is 10.6 Å². The number of sulfonamides is 1. The van der Waals surface area contributed by atoms with E-state index < -0.39 is 50.9 Å². The van der Waals surface area contributed by atoms with Gasteiger partial charge in [0.2, 0.25) is 15.9 Å². The van der Waals surface area contributed by atoms with Crippen LogP contribution in [-0.4, -0.2) is 55.6 Å². The molecule has 200 valence electrons. The number of primary amides is 1. The zero-order valence-electron chi connectivity index (χ0n) is 20.3. The van der Waals surface area contributed by atoms with Crippen LogP contribution in [0.1, 0.15) is 53.1 Å². The minimum atomic E-state index is -4.75. The molecule has 2 aliphatic rings. The van der Waals surface area contributed by atoms with Crippen molar-refractivity contribution in [3.8, 4) is 0 Å². The molecule has 0 spiro atoms. The molecule has 1 aliphatic carbocycles. The summed E-state index contributed by atoms with van der Waals surface area (Å²) in [5, 5.41) is 0. The predicted molar refractivity (Wildman–Crippen MR) is 126 cm³/mol. The summed E-state index contributed by atoms with van der Waals surface area (Å²) >= 11 is 0. The Morgan fingerprint density at radius 3 is 2.35 bits per heavy atom. The molecule has 1 heterocycles. The summed E-state index contributed by atoms with van der Waals surface area (Å²) < 4.78 is 80.9. The van der Waals surface area contributed by atoms with Crippen molar-refractivity contribution >= 4 is 21.8 Å². The number of hydrogen-bond donors (Lipinski definition) is 1. The van der Waals surface area contributed by atoms with Gasteiger partial charge in [0, 0.05) is 32.1 Å².